The van der Waals surface area contributed by atoms with Crippen molar-refractivity contribution in [2.45, 2.75) is 6.92 Å². The minimum Gasteiger partial charge on any atom is -0.306 e. The molecule has 0 atom stereocenters. The third kappa shape index (κ3) is 2.18. The smallest absolute Gasteiger partial charge is 0.289 e. The maximum atomic E-state index is 12.6. The van der Waals surface area contributed by atoms with Gasteiger partial charge in [-0.1, -0.05) is 12.1 Å². The minimum absolute atomic E-state index is 0.0990. The van der Waals surface area contributed by atoms with Crippen molar-refractivity contribution in [1.29, 1.82) is 10.5 Å². The molecule has 0 fully saturated rings. The van der Waals surface area contributed by atoms with E-state index < -0.39 is 5.56 Å². The summed E-state index contributed by atoms with van der Waals surface area (Å²) in [6.07, 6.45) is 5.15. The molecule has 26 heavy (non-hydrogen) atoms. The molecule has 3 aromatic heterocycles. The number of nitriles is 2. The zero-order chi connectivity index (χ0) is 18.3. The number of H-pyrrole nitrogens is 1. The number of benzene rings is 1. The van der Waals surface area contributed by atoms with Gasteiger partial charge in [0.2, 0.25) is 0 Å². The van der Waals surface area contributed by atoms with E-state index in [9.17, 15) is 15.3 Å². The number of aryl methyl sites for hydroxylation is 1. The van der Waals surface area contributed by atoms with Gasteiger partial charge >= 0.3 is 0 Å². The second-order valence-electron chi connectivity index (χ2n) is 5.64. The highest BCUT2D eigenvalue weighted by Crippen LogP contribution is 2.28. The maximum absolute atomic E-state index is 12.6. The Balaban J connectivity index is 2.01. The van der Waals surface area contributed by atoms with Crippen molar-refractivity contribution in [3.8, 4) is 29.0 Å². The largest absolute Gasteiger partial charge is 0.306 e. The van der Waals surface area contributed by atoms with Crippen molar-refractivity contribution in [2.75, 3.05) is 0 Å². The Hall–Kier alpha value is -4.17. The number of nitrogens with one attached hydrogen (secondary N) is 1. The van der Waals surface area contributed by atoms with E-state index in [1.54, 1.807) is 37.8 Å². The maximum Gasteiger partial charge on any atom is 0.289 e. The third-order valence-corrected chi connectivity index (χ3v) is 4.08. The zero-order valence-electron chi connectivity index (χ0n) is 13.6. The summed E-state index contributed by atoms with van der Waals surface area (Å²) in [5.74, 6) is 0.482. The summed E-state index contributed by atoms with van der Waals surface area (Å²) in [5, 5.41) is 22.0. The highest BCUT2D eigenvalue weighted by atomic mass is 16.1. The lowest BCUT2D eigenvalue weighted by molar-refractivity contribution is 0.891. The summed E-state index contributed by atoms with van der Waals surface area (Å²) in [5.41, 5.74) is 1.53. The number of fused-ring (bicyclic) bond motifs is 1. The Morgan fingerprint density at radius 2 is 1.85 bits per heavy atom. The minimum atomic E-state index is -0.532. The zero-order valence-corrected chi connectivity index (χ0v) is 13.6. The number of aromatic nitrogens is 5. The number of imidazole rings is 1. The van der Waals surface area contributed by atoms with Gasteiger partial charge in [0, 0.05) is 23.6 Å². The predicted molar refractivity (Wildman–Crippen MR) is 92.5 cm³/mol. The van der Waals surface area contributed by atoms with E-state index in [-0.39, 0.29) is 16.8 Å². The van der Waals surface area contributed by atoms with E-state index in [0.717, 1.165) is 10.2 Å². The molecule has 124 valence electrons. The molecule has 0 aliphatic rings. The van der Waals surface area contributed by atoms with Gasteiger partial charge in [0.25, 0.3) is 5.56 Å². The van der Waals surface area contributed by atoms with Crippen LogP contribution in [0, 0.1) is 29.6 Å². The molecule has 4 aromatic rings. The van der Waals surface area contributed by atoms with Gasteiger partial charge in [0.15, 0.2) is 5.65 Å². The molecule has 1 N–H and O–H groups in total. The number of rotatable bonds is 2. The van der Waals surface area contributed by atoms with Crippen LogP contribution in [-0.2, 0) is 0 Å². The van der Waals surface area contributed by atoms with Crippen LogP contribution in [0.2, 0.25) is 0 Å². The first-order valence-electron chi connectivity index (χ1n) is 7.68. The van der Waals surface area contributed by atoms with Gasteiger partial charge in [-0.2, -0.15) is 15.0 Å². The van der Waals surface area contributed by atoms with E-state index in [4.69, 9.17) is 0 Å². The first kappa shape index (κ1) is 15.4. The van der Waals surface area contributed by atoms with E-state index in [1.165, 1.54) is 0 Å². The molecule has 8 nitrogen and oxygen atoms in total. The summed E-state index contributed by atoms with van der Waals surface area (Å²) in [7, 11) is 0. The van der Waals surface area contributed by atoms with Crippen molar-refractivity contribution in [3.63, 3.8) is 0 Å². The van der Waals surface area contributed by atoms with Gasteiger partial charge in [-0.25, -0.2) is 9.97 Å². The van der Waals surface area contributed by atoms with Gasteiger partial charge in [0.05, 0.1) is 6.33 Å². The van der Waals surface area contributed by atoms with Crippen LogP contribution in [0.4, 0.5) is 0 Å². The second kappa shape index (κ2) is 5.72. The molecule has 0 aliphatic carbocycles. The first-order chi connectivity index (χ1) is 12.6. The Bertz CT molecular complexity index is 1260. The van der Waals surface area contributed by atoms with Crippen molar-refractivity contribution >= 4 is 5.65 Å². The molecule has 3 heterocycles. The Morgan fingerprint density at radius 1 is 1.12 bits per heavy atom. The Kier molecular flexibility index (Phi) is 3.38. The third-order valence-electron chi connectivity index (χ3n) is 4.08. The molecule has 0 unspecified atom stereocenters. The molecular weight excluding hydrogens is 330 g/mol. The Labute approximate surface area is 147 Å². The molecule has 1 aromatic carbocycles. The van der Waals surface area contributed by atoms with Crippen LogP contribution < -0.4 is 5.56 Å². The summed E-state index contributed by atoms with van der Waals surface area (Å²) < 4.78 is 2.96. The first-order valence-corrected chi connectivity index (χ1v) is 7.68. The standard InChI is InChI=1S/C18H11N7O/c1-11-22-17-14(8-19)16(15(9-20)18(26)25(17)23-11)12-2-4-13(5-3-12)24-7-6-21-10-24/h2-7,10H,1H3,(H,22,23). The van der Waals surface area contributed by atoms with E-state index in [0.29, 0.717) is 17.0 Å². The average molecular weight is 341 g/mol. The molecule has 0 radical (unpaired) electrons. The molecule has 0 amide bonds. The average Bonchev–Trinajstić information content (AvgIpc) is 3.31. The van der Waals surface area contributed by atoms with Crippen molar-refractivity contribution in [3.05, 3.63) is 70.3 Å². The molecule has 0 saturated heterocycles. The van der Waals surface area contributed by atoms with Crippen molar-refractivity contribution in [1.82, 2.24) is 24.1 Å². The summed E-state index contributed by atoms with van der Waals surface area (Å²) in [6, 6.07) is 11.2. The highest BCUT2D eigenvalue weighted by Gasteiger charge is 2.21. The number of nitrogens with zero attached hydrogens (tertiary/aromatic N) is 6. The lowest BCUT2D eigenvalue weighted by atomic mass is 9.97. The van der Waals surface area contributed by atoms with Crippen LogP contribution in [0.25, 0.3) is 22.5 Å². The van der Waals surface area contributed by atoms with Crippen molar-refractivity contribution in [2.24, 2.45) is 0 Å². The highest BCUT2D eigenvalue weighted by molar-refractivity contribution is 5.82. The fraction of sp³-hybridized carbons (Fsp3) is 0.0556. The summed E-state index contributed by atoms with van der Waals surface area (Å²) in [4.78, 5) is 20.9. The van der Waals surface area contributed by atoms with Gasteiger partial charge in [-0.3, -0.25) is 9.89 Å². The van der Waals surface area contributed by atoms with Crippen LogP contribution in [0.1, 0.15) is 17.0 Å². The molecular formula is C18H11N7O. The Morgan fingerprint density at radius 3 is 2.46 bits per heavy atom. The monoisotopic (exact) mass is 341 g/mol. The number of hydrogen-bond donors (Lipinski definition) is 1. The second-order valence-corrected chi connectivity index (χ2v) is 5.64. The van der Waals surface area contributed by atoms with Crippen LogP contribution in [0.5, 0.6) is 0 Å². The quantitative estimate of drug-likeness (QED) is 0.598. The van der Waals surface area contributed by atoms with Gasteiger partial charge < -0.3 is 4.57 Å². The van der Waals surface area contributed by atoms with Crippen molar-refractivity contribution < 1.29 is 0 Å². The van der Waals surface area contributed by atoms with E-state index >= 15 is 0 Å². The lowest BCUT2D eigenvalue weighted by Gasteiger charge is -2.09. The van der Waals surface area contributed by atoms with E-state index in [1.807, 2.05) is 22.8 Å². The molecule has 4 rings (SSSR count). The molecule has 0 aliphatic heterocycles. The predicted octanol–water partition coefficient (Wildman–Crippen LogP) is 1.93. The summed E-state index contributed by atoms with van der Waals surface area (Å²) in [6.45, 7) is 1.68. The number of pyridine rings is 1. The topological polar surface area (TPSA) is 116 Å². The summed E-state index contributed by atoms with van der Waals surface area (Å²) >= 11 is 0. The van der Waals surface area contributed by atoms with E-state index in [2.05, 4.69) is 21.1 Å². The SMILES string of the molecule is Cc1nc2c(C#N)c(-c3ccc(-n4ccnc4)cc3)c(C#N)c(=O)n2[nH]1. The van der Waals surface area contributed by atoms with Gasteiger partial charge in [-0.05, 0) is 24.6 Å². The van der Waals surface area contributed by atoms with Gasteiger partial charge in [-0.15, -0.1) is 0 Å². The fourth-order valence-corrected chi connectivity index (χ4v) is 2.93. The van der Waals surface area contributed by atoms with Crippen LogP contribution in [-0.4, -0.2) is 24.1 Å². The fourth-order valence-electron chi connectivity index (χ4n) is 2.93. The molecule has 0 bridgehead atoms. The normalized spacial score (nSPS) is 10.6. The van der Waals surface area contributed by atoms with Gasteiger partial charge in [0.1, 0.15) is 29.1 Å². The van der Waals surface area contributed by atoms with Crippen LogP contribution in [0.3, 0.4) is 0 Å². The molecule has 0 spiro atoms. The van der Waals surface area contributed by atoms with Crippen LogP contribution in [0.15, 0.2) is 47.8 Å². The number of aromatic amines is 1. The number of hydrogen-bond acceptors (Lipinski definition) is 5. The molecule has 8 heteroatoms. The lowest BCUT2D eigenvalue weighted by Crippen LogP contribution is -2.20. The van der Waals surface area contributed by atoms with Crippen LogP contribution >= 0.6 is 0 Å². The molecule has 0 saturated carbocycles.